The number of hydrogen-bond acceptors (Lipinski definition) is 4. The van der Waals surface area contributed by atoms with E-state index in [-0.39, 0.29) is 23.3 Å². The number of nitro groups is 1. The van der Waals surface area contributed by atoms with Gasteiger partial charge in [0.15, 0.2) is 0 Å². The van der Waals surface area contributed by atoms with Gasteiger partial charge in [0.05, 0.1) is 19.2 Å². The summed E-state index contributed by atoms with van der Waals surface area (Å²) in [5.74, 6) is -0.713. The van der Waals surface area contributed by atoms with E-state index in [9.17, 15) is 19.3 Å². The summed E-state index contributed by atoms with van der Waals surface area (Å²) in [6, 6.07) is 9.50. The van der Waals surface area contributed by atoms with Gasteiger partial charge in [0.25, 0.3) is 11.9 Å². The molecule has 2 unspecified atom stereocenters. The topological polar surface area (TPSA) is 85.8 Å². The summed E-state index contributed by atoms with van der Waals surface area (Å²) in [6.07, 6.45) is -0.0532. The van der Waals surface area contributed by atoms with Crippen LogP contribution in [-0.4, -0.2) is 30.0 Å². The number of methoxy groups -OCH3 is 1. The van der Waals surface area contributed by atoms with Gasteiger partial charge >= 0.3 is 0 Å². The molecule has 7 nitrogen and oxygen atoms in total. The first-order chi connectivity index (χ1) is 13.8. The molecule has 0 aromatic heterocycles. The fourth-order valence-corrected chi connectivity index (χ4v) is 3.43. The second-order valence-electron chi connectivity index (χ2n) is 6.66. The lowest BCUT2D eigenvalue weighted by Gasteiger charge is -2.10. The summed E-state index contributed by atoms with van der Waals surface area (Å²) in [5, 5.41) is 13.6. The van der Waals surface area contributed by atoms with Gasteiger partial charge in [-0.25, -0.2) is 11.0 Å². The summed E-state index contributed by atoms with van der Waals surface area (Å²) in [7, 11) is 1.54. The second-order valence-corrected chi connectivity index (χ2v) is 6.66. The van der Waals surface area contributed by atoms with E-state index >= 15 is 0 Å². The second kappa shape index (κ2) is 8.10. The summed E-state index contributed by atoms with van der Waals surface area (Å²) in [6.45, 7) is 8.70. The molecule has 2 atom stereocenters. The SMILES string of the molecule is [C-]#[N+]C1CC([N+](=O)[O-])C(C)=C1C(=O)Nc1ccc(-c2cccc(OC)c2)cc1F. The Morgan fingerprint density at radius 3 is 2.66 bits per heavy atom. The van der Waals surface area contributed by atoms with Crippen LogP contribution in [0.3, 0.4) is 0 Å². The predicted molar refractivity (Wildman–Crippen MR) is 106 cm³/mol. The molecule has 2 aromatic rings. The smallest absolute Gasteiger partial charge is 0.261 e. The van der Waals surface area contributed by atoms with E-state index in [0.29, 0.717) is 11.3 Å². The van der Waals surface area contributed by atoms with Gasteiger partial charge in [0.1, 0.15) is 17.1 Å². The number of nitrogens with one attached hydrogen (secondary N) is 1. The summed E-state index contributed by atoms with van der Waals surface area (Å²) >= 11 is 0. The van der Waals surface area contributed by atoms with Crippen molar-refractivity contribution in [1.82, 2.24) is 0 Å². The van der Waals surface area contributed by atoms with Gasteiger partial charge in [-0.1, -0.05) is 18.2 Å². The average molecular weight is 395 g/mol. The van der Waals surface area contributed by atoms with Crippen molar-refractivity contribution in [2.45, 2.75) is 25.4 Å². The van der Waals surface area contributed by atoms with Crippen molar-refractivity contribution in [2.24, 2.45) is 0 Å². The summed E-state index contributed by atoms with van der Waals surface area (Å²) in [4.78, 5) is 26.6. The molecule has 0 radical (unpaired) electrons. The summed E-state index contributed by atoms with van der Waals surface area (Å²) in [5.41, 5.74) is 1.57. The largest absolute Gasteiger partial charge is 0.497 e. The van der Waals surface area contributed by atoms with Crippen LogP contribution in [0.5, 0.6) is 5.75 Å². The number of benzene rings is 2. The number of hydrogen-bond donors (Lipinski definition) is 1. The molecule has 0 heterocycles. The minimum Gasteiger partial charge on any atom is -0.497 e. The molecule has 1 N–H and O–H groups in total. The molecule has 0 bridgehead atoms. The van der Waals surface area contributed by atoms with Gasteiger partial charge in [0.2, 0.25) is 6.04 Å². The van der Waals surface area contributed by atoms with Crippen LogP contribution in [0.2, 0.25) is 0 Å². The van der Waals surface area contributed by atoms with Crippen LogP contribution in [0.25, 0.3) is 16.0 Å². The molecular formula is C21H18FN3O4. The maximum absolute atomic E-state index is 14.6. The van der Waals surface area contributed by atoms with Gasteiger partial charge < -0.3 is 14.9 Å². The Labute approximate surface area is 166 Å². The standard InChI is InChI=1S/C21H18FN3O4/c1-12-19(25(27)28)11-18(23-2)20(12)21(26)24-17-8-7-14(10-16(17)22)13-5-4-6-15(9-13)29-3/h4-10,18-19H,11H2,1,3H3,(H,24,26). The monoisotopic (exact) mass is 395 g/mol. The molecule has 1 amide bonds. The van der Waals surface area contributed by atoms with E-state index in [1.54, 1.807) is 30.3 Å². The van der Waals surface area contributed by atoms with Crippen molar-refractivity contribution >= 4 is 11.6 Å². The Kier molecular flexibility index (Phi) is 5.59. The van der Waals surface area contributed by atoms with Crippen molar-refractivity contribution < 1.29 is 18.8 Å². The lowest BCUT2D eigenvalue weighted by molar-refractivity contribution is -0.511. The van der Waals surface area contributed by atoms with Crippen molar-refractivity contribution in [1.29, 1.82) is 0 Å². The number of carbonyl (C=O) groups is 1. The van der Waals surface area contributed by atoms with E-state index in [0.717, 1.165) is 5.56 Å². The number of rotatable bonds is 5. The number of amides is 1. The van der Waals surface area contributed by atoms with Gasteiger partial charge in [0, 0.05) is 10.5 Å². The third-order valence-electron chi connectivity index (χ3n) is 4.98. The molecule has 1 aliphatic rings. The number of anilines is 1. The highest BCUT2D eigenvalue weighted by molar-refractivity contribution is 6.06. The van der Waals surface area contributed by atoms with Crippen LogP contribution in [0.15, 0.2) is 53.6 Å². The molecule has 0 saturated carbocycles. The summed E-state index contributed by atoms with van der Waals surface area (Å²) < 4.78 is 19.8. The third-order valence-corrected chi connectivity index (χ3v) is 4.98. The number of nitrogens with zero attached hydrogens (tertiary/aromatic N) is 2. The first-order valence-electron chi connectivity index (χ1n) is 8.81. The molecule has 3 rings (SSSR count). The van der Waals surface area contributed by atoms with E-state index in [1.807, 2.05) is 0 Å². The number of ether oxygens (including phenoxy) is 1. The van der Waals surface area contributed by atoms with Gasteiger partial charge in [-0.15, -0.1) is 0 Å². The number of carbonyl (C=O) groups excluding carboxylic acids is 1. The molecule has 148 valence electrons. The third kappa shape index (κ3) is 3.94. The fourth-order valence-electron chi connectivity index (χ4n) is 3.43. The van der Waals surface area contributed by atoms with Crippen LogP contribution in [0, 0.1) is 22.5 Å². The molecular weight excluding hydrogens is 377 g/mol. The Morgan fingerprint density at radius 1 is 1.31 bits per heavy atom. The first-order valence-corrected chi connectivity index (χ1v) is 8.81. The van der Waals surface area contributed by atoms with E-state index in [2.05, 4.69) is 10.2 Å². The fraction of sp³-hybridized carbons (Fsp3) is 0.238. The quantitative estimate of drug-likeness (QED) is 0.469. The molecule has 29 heavy (non-hydrogen) atoms. The highest BCUT2D eigenvalue weighted by Gasteiger charge is 2.45. The van der Waals surface area contributed by atoms with E-state index < -0.39 is 28.7 Å². The van der Waals surface area contributed by atoms with Crippen LogP contribution >= 0.6 is 0 Å². The average Bonchev–Trinajstić information content (AvgIpc) is 3.06. The van der Waals surface area contributed by atoms with Crippen molar-refractivity contribution in [3.05, 3.63) is 81.0 Å². The zero-order valence-corrected chi connectivity index (χ0v) is 15.8. The maximum Gasteiger partial charge on any atom is 0.261 e. The normalized spacial score (nSPS) is 18.3. The molecule has 0 spiro atoms. The van der Waals surface area contributed by atoms with E-state index in [4.69, 9.17) is 11.3 Å². The lowest BCUT2D eigenvalue weighted by atomic mass is 10.0. The van der Waals surface area contributed by atoms with Crippen molar-refractivity contribution in [3.63, 3.8) is 0 Å². The molecule has 0 saturated heterocycles. The predicted octanol–water partition coefficient (Wildman–Crippen LogP) is 4.09. The zero-order valence-electron chi connectivity index (χ0n) is 15.8. The number of halogens is 1. The minimum absolute atomic E-state index is 0.0398. The van der Waals surface area contributed by atoms with Crippen LogP contribution < -0.4 is 10.1 Å². The zero-order chi connectivity index (χ0) is 21.1. The molecule has 2 aromatic carbocycles. The highest BCUT2D eigenvalue weighted by atomic mass is 19.1. The molecule has 0 aliphatic heterocycles. The Bertz CT molecular complexity index is 1060. The van der Waals surface area contributed by atoms with Crippen molar-refractivity contribution in [3.8, 4) is 16.9 Å². The van der Waals surface area contributed by atoms with Gasteiger partial charge in [-0.05, 0) is 42.3 Å². The van der Waals surface area contributed by atoms with Crippen molar-refractivity contribution in [2.75, 3.05) is 12.4 Å². The molecule has 0 fully saturated rings. The van der Waals surface area contributed by atoms with Crippen LogP contribution in [0.4, 0.5) is 10.1 Å². The van der Waals surface area contributed by atoms with Crippen LogP contribution in [0.1, 0.15) is 13.3 Å². The Hall–Kier alpha value is -3.73. The Morgan fingerprint density at radius 2 is 2.03 bits per heavy atom. The highest BCUT2D eigenvalue weighted by Crippen LogP contribution is 2.33. The van der Waals surface area contributed by atoms with E-state index in [1.165, 1.54) is 26.2 Å². The molecule has 1 aliphatic carbocycles. The van der Waals surface area contributed by atoms with Gasteiger partial charge in [-0.3, -0.25) is 14.9 Å². The molecule has 8 heteroatoms. The minimum atomic E-state index is -1.07. The maximum atomic E-state index is 14.6. The Balaban J connectivity index is 1.86. The van der Waals surface area contributed by atoms with Gasteiger partial charge in [-0.2, -0.15) is 0 Å². The first kappa shape index (κ1) is 20.0. The van der Waals surface area contributed by atoms with Crippen LogP contribution in [-0.2, 0) is 4.79 Å². The lowest BCUT2D eigenvalue weighted by Crippen LogP contribution is -2.20.